The molecule has 0 spiro atoms. The summed E-state index contributed by atoms with van der Waals surface area (Å²) in [7, 11) is 9.27. The molecule has 1 heterocycles. The fourth-order valence-corrected chi connectivity index (χ4v) is 2.30. The number of anilines is 2. The monoisotopic (exact) mass is 294 g/mol. The van der Waals surface area contributed by atoms with Gasteiger partial charge < -0.3 is 9.80 Å². The van der Waals surface area contributed by atoms with Crippen LogP contribution in [-0.2, 0) is 7.05 Å². The standard InChI is InChI=1S/C15H20F2N4/c1-19(2)13-6-11(10-8-18-21(5)9-10)12(15(16)17)7-14(13)20(3)4/h6-9,15H,1-5H3. The first-order valence-corrected chi connectivity index (χ1v) is 6.61. The molecule has 2 aromatic rings. The molecule has 0 atom stereocenters. The van der Waals surface area contributed by atoms with Crippen LogP contribution in [0.1, 0.15) is 12.0 Å². The topological polar surface area (TPSA) is 24.3 Å². The van der Waals surface area contributed by atoms with Crippen LogP contribution in [0.5, 0.6) is 0 Å². The summed E-state index contributed by atoms with van der Waals surface area (Å²) in [5.74, 6) is 0. The normalized spacial score (nSPS) is 11.0. The second-order valence-electron chi connectivity index (χ2n) is 5.42. The highest BCUT2D eigenvalue weighted by Crippen LogP contribution is 2.39. The van der Waals surface area contributed by atoms with Gasteiger partial charge in [-0.25, -0.2) is 8.78 Å². The van der Waals surface area contributed by atoms with Crippen molar-refractivity contribution in [3.63, 3.8) is 0 Å². The van der Waals surface area contributed by atoms with Crippen molar-refractivity contribution in [3.05, 3.63) is 30.1 Å². The van der Waals surface area contributed by atoms with E-state index in [1.54, 1.807) is 36.3 Å². The molecule has 1 aromatic heterocycles. The summed E-state index contributed by atoms with van der Waals surface area (Å²) < 4.78 is 28.5. The molecule has 0 unspecified atom stereocenters. The zero-order chi connectivity index (χ0) is 15.7. The number of aromatic nitrogens is 2. The molecule has 1 aromatic carbocycles. The SMILES string of the molecule is CN(C)c1cc(-c2cnn(C)c2)c(C(F)F)cc1N(C)C. The van der Waals surface area contributed by atoms with Crippen molar-refractivity contribution in [2.24, 2.45) is 7.05 Å². The van der Waals surface area contributed by atoms with Gasteiger partial charge >= 0.3 is 0 Å². The number of rotatable bonds is 4. The Morgan fingerprint density at radius 1 is 1.05 bits per heavy atom. The van der Waals surface area contributed by atoms with Gasteiger partial charge in [0.25, 0.3) is 6.43 Å². The van der Waals surface area contributed by atoms with Crippen molar-refractivity contribution in [2.45, 2.75) is 6.43 Å². The van der Waals surface area contributed by atoms with Gasteiger partial charge in [0.1, 0.15) is 0 Å². The van der Waals surface area contributed by atoms with E-state index in [1.165, 1.54) is 0 Å². The average molecular weight is 294 g/mol. The molecular formula is C15H20F2N4. The number of aryl methyl sites for hydroxylation is 1. The molecule has 0 amide bonds. The van der Waals surface area contributed by atoms with Crippen LogP contribution in [0.3, 0.4) is 0 Å². The van der Waals surface area contributed by atoms with Crippen molar-refractivity contribution < 1.29 is 8.78 Å². The zero-order valence-corrected chi connectivity index (χ0v) is 12.9. The number of hydrogen-bond donors (Lipinski definition) is 0. The Balaban J connectivity index is 2.70. The van der Waals surface area contributed by atoms with E-state index >= 15 is 0 Å². The molecule has 0 saturated heterocycles. The lowest BCUT2D eigenvalue weighted by Gasteiger charge is -2.25. The molecule has 0 fully saturated rings. The van der Waals surface area contributed by atoms with Crippen LogP contribution in [-0.4, -0.2) is 38.0 Å². The molecule has 4 nitrogen and oxygen atoms in total. The van der Waals surface area contributed by atoms with E-state index < -0.39 is 6.43 Å². The third-order valence-corrected chi connectivity index (χ3v) is 3.36. The van der Waals surface area contributed by atoms with E-state index in [4.69, 9.17) is 0 Å². The van der Waals surface area contributed by atoms with Crippen LogP contribution in [0.4, 0.5) is 20.2 Å². The highest BCUT2D eigenvalue weighted by molar-refractivity contribution is 5.81. The Bertz CT molecular complexity index is 633. The van der Waals surface area contributed by atoms with Crippen molar-refractivity contribution >= 4 is 11.4 Å². The first-order chi connectivity index (χ1) is 9.81. The second kappa shape index (κ2) is 5.71. The van der Waals surface area contributed by atoms with Gasteiger partial charge in [0.2, 0.25) is 0 Å². The molecule has 0 N–H and O–H groups in total. The summed E-state index contributed by atoms with van der Waals surface area (Å²) in [6, 6.07) is 3.36. The number of alkyl halides is 2. The molecule has 2 rings (SSSR count). The second-order valence-corrected chi connectivity index (χ2v) is 5.42. The smallest absolute Gasteiger partial charge is 0.264 e. The van der Waals surface area contributed by atoms with Gasteiger partial charge in [-0.15, -0.1) is 0 Å². The van der Waals surface area contributed by atoms with Crippen molar-refractivity contribution in [2.75, 3.05) is 38.0 Å². The van der Waals surface area contributed by atoms with Gasteiger partial charge in [-0.3, -0.25) is 4.68 Å². The molecular weight excluding hydrogens is 274 g/mol. The van der Waals surface area contributed by atoms with Crippen LogP contribution in [0.25, 0.3) is 11.1 Å². The maximum atomic E-state index is 13.4. The molecule has 21 heavy (non-hydrogen) atoms. The van der Waals surface area contributed by atoms with Gasteiger partial charge in [0.15, 0.2) is 0 Å². The highest BCUT2D eigenvalue weighted by Gasteiger charge is 2.20. The lowest BCUT2D eigenvalue weighted by Crippen LogP contribution is -2.17. The molecule has 0 aliphatic heterocycles. The molecule has 0 saturated carbocycles. The molecule has 0 aliphatic carbocycles. The first kappa shape index (κ1) is 15.3. The van der Waals surface area contributed by atoms with E-state index in [-0.39, 0.29) is 5.56 Å². The van der Waals surface area contributed by atoms with Gasteiger partial charge in [0.05, 0.1) is 17.6 Å². The molecule has 114 valence electrons. The quantitative estimate of drug-likeness (QED) is 0.865. The van der Waals surface area contributed by atoms with Crippen LogP contribution in [0.15, 0.2) is 24.5 Å². The average Bonchev–Trinajstić information content (AvgIpc) is 2.83. The predicted octanol–water partition coefficient (Wildman–Crippen LogP) is 3.16. The van der Waals surface area contributed by atoms with E-state index in [1.807, 2.05) is 38.0 Å². The van der Waals surface area contributed by atoms with Gasteiger partial charge in [-0.1, -0.05) is 0 Å². The van der Waals surface area contributed by atoms with E-state index in [9.17, 15) is 8.78 Å². The minimum Gasteiger partial charge on any atom is -0.376 e. The third-order valence-electron chi connectivity index (χ3n) is 3.36. The number of nitrogens with zero attached hydrogens (tertiary/aromatic N) is 4. The maximum absolute atomic E-state index is 13.4. The van der Waals surface area contributed by atoms with E-state index in [0.29, 0.717) is 11.1 Å². The predicted molar refractivity (Wildman–Crippen MR) is 82.3 cm³/mol. The third kappa shape index (κ3) is 2.99. The Morgan fingerprint density at radius 2 is 1.62 bits per heavy atom. The fraction of sp³-hybridized carbons (Fsp3) is 0.400. The first-order valence-electron chi connectivity index (χ1n) is 6.61. The Morgan fingerprint density at radius 3 is 2.05 bits per heavy atom. The van der Waals surface area contributed by atoms with Crippen LogP contribution >= 0.6 is 0 Å². The van der Waals surface area contributed by atoms with Crippen molar-refractivity contribution in [3.8, 4) is 11.1 Å². The summed E-state index contributed by atoms with van der Waals surface area (Å²) >= 11 is 0. The Kier molecular flexibility index (Phi) is 4.16. The number of halogens is 2. The summed E-state index contributed by atoms with van der Waals surface area (Å²) in [6.07, 6.45) is 0.821. The van der Waals surface area contributed by atoms with Crippen LogP contribution in [0, 0.1) is 0 Å². The highest BCUT2D eigenvalue weighted by atomic mass is 19.3. The number of benzene rings is 1. The lowest BCUT2D eigenvalue weighted by molar-refractivity contribution is 0.152. The summed E-state index contributed by atoms with van der Waals surface area (Å²) in [6.45, 7) is 0. The summed E-state index contributed by atoms with van der Waals surface area (Å²) in [5, 5.41) is 4.07. The molecule has 0 bridgehead atoms. The van der Waals surface area contributed by atoms with Crippen molar-refractivity contribution in [1.82, 2.24) is 9.78 Å². The molecule has 0 aliphatic rings. The molecule has 0 radical (unpaired) electrons. The largest absolute Gasteiger partial charge is 0.376 e. The zero-order valence-electron chi connectivity index (χ0n) is 12.9. The fourth-order valence-electron chi connectivity index (χ4n) is 2.30. The van der Waals surface area contributed by atoms with E-state index in [0.717, 1.165) is 11.4 Å². The lowest BCUT2D eigenvalue weighted by atomic mass is 10.00. The number of hydrogen-bond acceptors (Lipinski definition) is 3. The maximum Gasteiger partial charge on any atom is 0.264 e. The van der Waals surface area contributed by atoms with Crippen molar-refractivity contribution in [1.29, 1.82) is 0 Å². The van der Waals surface area contributed by atoms with Gasteiger partial charge in [-0.2, -0.15) is 5.10 Å². The van der Waals surface area contributed by atoms with Crippen LogP contribution < -0.4 is 9.80 Å². The Hall–Kier alpha value is -2.11. The van der Waals surface area contributed by atoms with Crippen LogP contribution in [0.2, 0.25) is 0 Å². The van der Waals surface area contributed by atoms with E-state index in [2.05, 4.69) is 5.10 Å². The molecule has 6 heteroatoms. The van der Waals surface area contributed by atoms with Gasteiger partial charge in [0, 0.05) is 52.6 Å². The Labute approximate surface area is 123 Å². The summed E-state index contributed by atoms with van der Waals surface area (Å²) in [4.78, 5) is 3.76. The van der Waals surface area contributed by atoms with Gasteiger partial charge in [-0.05, 0) is 17.7 Å². The minimum atomic E-state index is -2.53. The minimum absolute atomic E-state index is 0.0253. The summed E-state index contributed by atoms with van der Waals surface area (Å²) in [5.41, 5.74) is 2.90.